The second-order valence-electron chi connectivity index (χ2n) is 8.01. The number of H-pyrrole nitrogens is 1. The predicted molar refractivity (Wildman–Crippen MR) is 114 cm³/mol. The van der Waals surface area contributed by atoms with E-state index in [0.717, 1.165) is 42.1 Å². The maximum atomic E-state index is 12.2. The highest BCUT2D eigenvalue weighted by Gasteiger charge is 2.22. The molecule has 1 aliphatic heterocycles. The molecule has 1 saturated heterocycles. The van der Waals surface area contributed by atoms with Gasteiger partial charge in [0.15, 0.2) is 0 Å². The SMILES string of the molecule is CCOC(=O)c1c(C)[nH]c(CCC2CCN(CCc3ccccc3)CC2)c1C. The van der Waals surface area contributed by atoms with E-state index >= 15 is 0 Å². The van der Waals surface area contributed by atoms with Crippen LogP contribution < -0.4 is 0 Å². The van der Waals surface area contributed by atoms with Gasteiger partial charge in [-0.3, -0.25) is 0 Å². The number of benzene rings is 1. The molecular formula is C24H34N2O2. The molecule has 2 heterocycles. The molecule has 152 valence electrons. The summed E-state index contributed by atoms with van der Waals surface area (Å²) in [5.74, 6) is 0.578. The van der Waals surface area contributed by atoms with E-state index in [2.05, 4.69) is 40.2 Å². The van der Waals surface area contributed by atoms with Crippen molar-refractivity contribution >= 4 is 5.97 Å². The lowest BCUT2D eigenvalue weighted by atomic mass is 9.91. The van der Waals surface area contributed by atoms with E-state index < -0.39 is 0 Å². The molecule has 0 saturated carbocycles. The van der Waals surface area contributed by atoms with Gasteiger partial charge in [-0.2, -0.15) is 0 Å². The number of aromatic amines is 1. The first-order valence-electron chi connectivity index (χ1n) is 10.7. The zero-order chi connectivity index (χ0) is 19.9. The van der Waals surface area contributed by atoms with Gasteiger partial charge in [-0.05, 0) is 83.0 Å². The third-order valence-corrected chi connectivity index (χ3v) is 6.09. The van der Waals surface area contributed by atoms with Gasteiger partial charge in [0.25, 0.3) is 0 Å². The van der Waals surface area contributed by atoms with E-state index in [9.17, 15) is 4.79 Å². The molecule has 4 heteroatoms. The first-order valence-corrected chi connectivity index (χ1v) is 10.7. The summed E-state index contributed by atoms with van der Waals surface area (Å²) in [6.07, 6.45) is 5.90. The minimum absolute atomic E-state index is 0.202. The van der Waals surface area contributed by atoms with Crippen LogP contribution in [0.25, 0.3) is 0 Å². The second-order valence-corrected chi connectivity index (χ2v) is 8.01. The number of aryl methyl sites for hydroxylation is 2. The Hall–Kier alpha value is -2.07. The topological polar surface area (TPSA) is 45.3 Å². The van der Waals surface area contributed by atoms with Gasteiger partial charge in [0.2, 0.25) is 0 Å². The molecule has 1 N–H and O–H groups in total. The second kappa shape index (κ2) is 9.92. The fourth-order valence-electron chi connectivity index (χ4n) is 4.35. The van der Waals surface area contributed by atoms with Crippen molar-refractivity contribution in [1.82, 2.24) is 9.88 Å². The zero-order valence-corrected chi connectivity index (χ0v) is 17.6. The van der Waals surface area contributed by atoms with Gasteiger partial charge < -0.3 is 14.6 Å². The number of rotatable bonds is 8. The fourth-order valence-corrected chi connectivity index (χ4v) is 4.35. The fraction of sp³-hybridized carbons (Fsp3) is 0.542. The number of nitrogens with one attached hydrogen (secondary N) is 1. The highest BCUT2D eigenvalue weighted by Crippen LogP contribution is 2.25. The summed E-state index contributed by atoms with van der Waals surface area (Å²) in [6, 6.07) is 10.8. The quantitative estimate of drug-likeness (QED) is 0.673. The smallest absolute Gasteiger partial charge is 0.340 e. The summed E-state index contributed by atoms with van der Waals surface area (Å²) >= 11 is 0. The lowest BCUT2D eigenvalue weighted by Gasteiger charge is -2.32. The van der Waals surface area contributed by atoms with Crippen LogP contribution in [0.1, 0.15) is 59.1 Å². The number of hydrogen-bond acceptors (Lipinski definition) is 3. The number of carbonyl (C=O) groups excluding carboxylic acids is 1. The molecule has 0 amide bonds. The van der Waals surface area contributed by atoms with Gasteiger partial charge in [0.05, 0.1) is 12.2 Å². The Morgan fingerprint density at radius 2 is 1.86 bits per heavy atom. The number of aromatic nitrogens is 1. The summed E-state index contributed by atoms with van der Waals surface area (Å²) in [7, 11) is 0. The van der Waals surface area contributed by atoms with Crippen molar-refractivity contribution in [2.24, 2.45) is 5.92 Å². The van der Waals surface area contributed by atoms with Crippen molar-refractivity contribution in [1.29, 1.82) is 0 Å². The molecule has 0 bridgehead atoms. The molecule has 4 nitrogen and oxygen atoms in total. The number of carbonyl (C=O) groups is 1. The van der Waals surface area contributed by atoms with Gasteiger partial charge in [-0.15, -0.1) is 0 Å². The van der Waals surface area contributed by atoms with Crippen LogP contribution in [0.2, 0.25) is 0 Å². The number of nitrogens with zero attached hydrogens (tertiary/aromatic N) is 1. The molecule has 0 spiro atoms. The van der Waals surface area contributed by atoms with Gasteiger partial charge in [-0.25, -0.2) is 4.79 Å². The van der Waals surface area contributed by atoms with Crippen LogP contribution in [0.4, 0.5) is 0 Å². The minimum atomic E-state index is -0.202. The Bertz CT molecular complexity index is 758. The number of likely N-dealkylation sites (tertiary alicyclic amines) is 1. The first kappa shape index (κ1) is 20.7. The standard InChI is InChI=1S/C24H34N2O2/c1-4-28-24(27)23-18(2)22(25-19(23)3)11-10-21-13-16-26(17-14-21)15-12-20-8-6-5-7-9-20/h5-9,21,25H,4,10-17H2,1-3H3. The van der Waals surface area contributed by atoms with E-state index in [1.807, 2.05) is 20.8 Å². The third-order valence-electron chi connectivity index (χ3n) is 6.09. The van der Waals surface area contributed by atoms with Crippen LogP contribution in [0.3, 0.4) is 0 Å². The first-order chi connectivity index (χ1) is 13.6. The molecule has 2 aromatic rings. The van der Waals surface area contributed by atoms with E-state index in [0.29, 0.717) is 6.61 Å². The number of hydrogen-bond donors (Lipinski definition) is 1. The molecule has 1 fully saturated rings. The summed E-state index contributed by atoms with van der Waals surface area (Å²) in [4.78, 5) is 18.2. The summed E-state index contributed by atoms with van der Waals surface area (Å²) < 4.78 is 5.20. The van der Waals surface area contributed by atoms with Gasteiger partial charge in [-0.1, -0.05) is 30.3 Å². The maximum Gasteiger partial charge on any atom is 0.340 e. The van der Waals surface area contributed by atoms with Crippen molar-refractivity contribution in [3.63, 3.8) is 0 Å². The van der Waals surface area contributed by atoms with E-state index in [-0.39, 0.29) is 5.97 Å². The normalized spacial score (nSPS) is 15.7. The molecule has 28 heavy (non-hydrogen) atoms. The minimum Gasteiger partial charge on any atom is -0.462 e. The van der Waals surface area contributed by atoms with E-state index in [1.165, 1.54) is 43.6 Å². The van der Waals surface area contributed by atoms with Crippen LogP contribution >= 0.6 is 0 Å². The molecule has 1 aromatic carbocycles. The number of esters is 1. The molecular weight excluding hydrogens is 348 g/mol. The Morgan fingerprint density at radius 3 is 2.54 bits per heavy atom. The lowest BCUT2D eigenvalue weighted by Crippen LogP contribution is -2.35. The monoisotopic (exact) mass is 382 g/mol. The maximum absolute atomic E-state index is 12.2. The Kier molecular flexibility index (Phi) is 7.32. The molecule has 0 unspecified atom stereocenters. The van der Waals surface area contributed by atoms with Crippen LogP contribution in [-0.2, 0) is 17.6 Å². The van der Waals surface area contributed by atoms with Crippen molar-refractivity contribution in [3.05, 3.63) is 58.4 Å². The largest absolute Gasteiger partial charge is 0.462 e. The number of piperidine rings is 1. The molecule has 0 atom stereocenters. The van der Waals surface area contributed by atoms with E-state index in [1.54, 1.807) is 0 Å². The average Bonchev–Trinajstić information content (AvgIpc) is 3.00. The Labute approximate surface area is 169 Å². The molecule has 0 radical (unpaired) electrons. The molecule has 1 aromatic heterocycles. The van der Waals surface area contributed by atoms with Gasteiger partial charge in [0.1, 0.15) is 0 Å². The van der Waals surface area contributed by atoms with Crippen LogP contribution in [-0.4, -0.2) is 42.1 Å². The van der Waals surface area contributed by atoms with Gasteiger partial charge >= 0.3 is 5.97 Å². The van der Waals surface area contributed by atoms with Crippen molar-refractivity contribution in [3.8, 4) is 0 Å². The molecule has 0 aliphatic carbocycles. The third kappa shape index (κ3) is 5.26. The van der Waals surface area contributed by atoms with Crippen LogP contribution in [0.15, 0.2) is 30.3 Å². The molecule has 3 rings (SSSR count). The van der Waals surface area contributed by atoms with Gasteiger partial charge in [0, 0.05) is 17.9 Å². The average molecular weight is 383 g/mol. The summed E-state index contributed by atoms with van der Waals surface area (Å²) in [5.41, 5.74) is 5.36. The molecule has 1 aliphatic rings. The Morgan fingerprint density at radius 1 is 1.14 bits per heavy atom. The lowest BCUT2D eigenvalue weighted by molar-refractivity contribution is 0.0525. The summed E-state index contributed by atoms with van der Waals surface area (Å²) in [6.45, 7) is 9.84. The predicted octanol–water partition coefficient (Wildman–Crippen LogP) is 4.70. The van der Waals surface area contributed by atoms with Crippen LogP contribution in [0, 0.1) is 19.8 Å². The zero-order valence-electron chi connectivity index (χ0n) is 17.6. The Balaban J connectivity index is 1.44. The van der Waals surface area contributed by atoms with Crippen molar-refractivity contribution in [2.75, 3.05) is 26.2 Å². The van der Waals surface area contributed by atoms with Crippen LogP contribution in [0.5, 0.6) is 0 Å². The highest BCUT2D eigenvalue weighted by atomic mass is 16.5. The number of ether oxygens (including phenoxy) is 1. The van der Waals surface area contributed by atoms with Crippen molar-refractivity contribution < 1.29 is 9.53 Å². The highest BCUT2D eigenvalue weighted by molar-refractivity contribution is 5.92. The summed E-state index contributed by atoms with van der Waals surface area (Å²) in [5, 5.41) is 0. The van der Waals surface area contributed by atoms with Crippen molar-refractivity contribution in [2.45, 2.75) is 52.9 Å². The van der Waals surface area contributed by atoms with E-state index in [4.69, 9.17) is 4.74 Å².